The maximum Gasteiger partial charge on any atom is 0.257 e. The maximum absolute atomic E-state index is 12.0. The molecule has 5 heteroatoms. The average molecular weight is 270 g/mol. The molecule has 0 aliphatic heterocycles. The van der Waals surface area contributed by atoms with E-state index in [-0.39, 0.29) is 22.8 Å². The van der Waals surface area contributed by atoms with Gasteiger partial charge in [-0.2, -0.15) is 0 Å². The molecule has 4 N–H and O–H groups in total. The number of hydrogen-bond donors (Lipinski definition) is 3. The van der Waals surface area contributed by atoms with Crippen molar-refractivity contribution in [2.75, 3.05) is 11.1 Å². The van der Waals surface area contributed by atoms with Crippen molar-refractivity contribution in [3.8, 4) is 5.75 Å². The fourth-order valence-electron chi connectivity index (χ4n) is 1.73. The third kappa shape index (κ3) is 2.95. The van der Waals surface area contributed by atoms with Gasteiger partial charge in [-0.1, -0.05) is 0 Å². The molecule has 2 aromatic rings. The zero-order chi connectivity index (χ0) is 14.7. The van der Waals surface area contributed by atoms with Gasteiger partial charge in [0.25, 0.3) is 5.91 Å². The van der Waals surface area contributed by atoms with Gasteiger partial charge in [0.2, 0.25) is 0 Å². The van der Waals surface area contributed by atoms with Crippen LogP contribution in [0.2, 0.25) is 0 Å². The monoisotopic (exact) mass is 270 g/mol. The number of Topliss-reactive ketones (excluding diaryl/α,β-unsaturated/α-hetero) is 1. The van der Waals surface area contributed by atoms with Gasteiger partial charge < -0.3 is 16.2 Å². The van der Waals surface area contributed by atoms with Crippen molar-refractivity contribution in [1.29, 1.82) is 0 Å². The number of phenols is 1. The Morgan fingerprint density at radius 1 is 1.10 bits per heavy atom. The highest BCUT2D eigenvalue weighted by molar-refractivity contribution is 6.08. The minimum Gasteiger partial charge on any atom is -0.508 e. The highest BCUT2D eigenvalue weighted by Gasteiger charge is 2.11. The first-order valence-electron chi connectivity index (χ1n) is 5.98. The van der Waals surface area contributed by atoms with Crippen molar-refractivity contribution >= 4 is 23.1 Å². The largest absolute Gasteiger partial charge is 0.508 e. The Bertz CT molecular complexity index is 663. The Labute approximate surface area is 116 Å². The summed E-state index contributed by atoms with van der Waals surface area (Å²) in [5.74, 6) is -0.495. The normalized spacial score (nSPS) is 10.1. The molecule has 0 heterocycles. The molecule has 102 valence electrons. The van der Waals surface area contributed by atoms with Crippen LogP contribution in [0.15, 0.2) is 42.5 Å². The Hall–Kier alpha value is -2.82. The van der Waals surface area contributed by atoms with E-state index in [4.69, 9.17) is 5.73 Å². The quantitative estimate of drug-likeness (QED) is 0.453. The Kier molecular flexibility index (Phi) is 3.70. The van der Waals surface area contributed by atoms with Crippen LogP contribution < -0.4 is 11.1 Å². The lowest BCUT2D eigenvalue weighted by atomic mass is 10.1. The lowest BCUT2D eigenvalue weighted by Gasteiger charge is -2.08. The SMILES string of the molecule is CC(=O)c1ccc(NC(=O)c2cc(O)ccc2N)cc1. The minimum absolute atomic E-state index is 0.0312. The van der Waals surface area contributed by atoms with Crippen LogP contribution in [0.3, 0.4) is 0 Å². The van der Waals surface area contributed by atoms with Gasteiger partial charge in [0.05, 0.1) is 5.56 Å². The molecule has 2 aromatic carbocycles. The standard InChI is InChI=1S/C15H14N2O3/c1-9(18)10-2-4-11(5-3-10)17-15(20)13-8-12(19)6-7-14(13)16/h2-8,19H,16H2,1H3,(H,17,20). The van der Waals surface area contributed by atoms with E-state index in [0.29, 0.717) is 11.3 Å². The average Bonchev–Trinajstić information content (AvgIpc) is 2.42. The van der Waals surface area contributed by atoms with Gasteiger partial charge in [-0.15, -0.1) is 0 Å². The number of nitrogens with two attached hydrogens (primary N) is 1. The zero-order valence-electron chi connectivity index (χ0n) is 10.9. The van der Waals surface area contributed by atoms with E-state index in [1.165, 1.54) is 25.1 Å². The van der Waals surface area contributed by atoms with E-state index in [9.17, 15) is 14.7 Å². The number of ketones is 1. The van der Waals surface area contributed by atoms with Crippen LogP contribution in [0.4, 0.5) is 11.4 Å². The summed E-state index contributed by atoms with van der Waals surface area (Å²) >= 11 is 0. The molecule has 20 heavy (non-hydrogen) atoms. The van der Waals surface area contributed by atoms with Gasteiger partial charge in [-0.3, -0.25) is 9.59 Å². The first kappa shape index (κ1) is 13.6. The van der Waals surface area contributed by atoms with Crippen LogP contribution in [-0.2, 0) is 0 Å². The van der Waals surface area contributed by atoms with Crippen LogP contribution in [0.5, 0.6) is 5.75 Å². The molecule has 0 bridgehead atoms. The Morgan fingerprint density at radius 3 is 2.35 bits per heavy atom. The molecule has 1 amide bonds. The molecule has 0 aliphatic rings. The van der Waals surface area contributed by atoms with Crippen molar-refractivity contribution in [2.45, 2.75) is 6.92 Å². The summed E-state index contributed by atoms with van der Waals surface area (Å²) in [7, 11) is 0. The third-order valence-electron chi connectivity index (χ3n) is 2.83. The van der Waals surface area contributed by atoms with Crippen molar-refractivity contribution in [1.82, 2.24) is 0 Å². The maximum atomic E-state index is 12.0. The van der Waals surface area contributed by atoms with Gasteiger partial charge in [-0.05, 0) is 49.4 Å². The molecular formula is C15H14N2O3. The smallest absolute Gasteiger partial charge is 0.257 e. The topological polar surface area (TPSA) is 92.4 Å². The molecule has 5 nitrogen and oxygen atoms in total. The predicted molar refractivity (Wildman–Crippen MR) is 76.9 cm³/mol. The van der Waals surface area contributed by atoms with E-state index in [1.807, 2.05) is 0 Å². The summed E-state index contributed by atoms with van der Waals surface area (Å²) < 4.78 is 0. The number of hydrogen-bond acceptors (Lipinski definition) is 4. The minimum atomic E-state index is -0.422. The number of rotatable bonds is 3. The van der Waals surface area contributed by atoms with E-state index in [0.717, 1.165) is 0 Å². The number of carbonyl (C=O) groups is 2. The number of carbonyl (C=O) groups excluding carboxylic acids is 2. The molecule has 0 fully saturated rings. The summed E-state index contributed by atoms with van der Waals surface area (Å²) in [5.41, 5.74) is 7.28. The zero-order valence-corrected chi connectivity index (χ0v) is 10.9. The molecule has 2 rings (SSSR count). The number of aromatic hydroxyl groups is 1. The summed E-state index contributed by atoms with van der Waals surface area (Å²) in [6.07, 6.45) is 0. The molecular weight excluding hydrogens is 256 g/mol. The number of phenolic OH excluding ortho intramolecular Hbond substituents is 1. The van der Waals surface area contributed by atoms with Crippen LogP contribution in [0.1, 0.15) is 27.6 Å². The van der Waals surface area contributed by atoms with Gasteiger partial charge in [0, 0.05) is 16.9 Å². The van der Waals surface area contributed by atoms with Crippen LogP contribution in [-0.4, -0.2) is 16.8 Å². The summed E-state index contributed by atoms with van der Waals surface area (Å²) in [6.45, 7) is 1.47. The number of nitrogen functional groups attached to an aromatic ring is 1. The number of nitrogens with one attached hydrogen (secondary N) is 1. The molecule has 0 saturated heterocycles. The second-order valence-corrected chi connectivity index (χ2v) is 4.36. The first-order chi connectivity index (χ1) is 9.47. The summed E-state index contributed by atoms with van der Waals surface area (Å²) in [5, 5.41) is 12.0. The van der Waals surface area contributed by atoms with Gasteiger partial charge in [-0.25, -0.2) is 0 Å². The summed E-state index contributed by atoms with van der Waals surface area (Å²) in [4.78, 5) is 23.2. The third-order valence-corrected chi connectivity index (χ3v) is 2.83. The van der Waals surface area contributed by atoms with E-state index in [2.05, 4.69) is 5.32 Å². The van der Waals surface area contributed by atoms with Gasteiger partial charge in [0.15, 0.2) is 5.78 Å². The first-order valence-corrected chi connectivity index (χ1v) is 5.98. The van der Waals surface area contributed by atoms with Crippen LogP contribution >= 0.6 is 0 Å². The lowest BCUT2D eigenvalue weighted by Crippen LogP contribution is -2.14. The van der Waals surface area contributed by atoms with Crippen LogP contribution in [0, 0.1) is 0 Å². The van der Waals surface area contributed by atoms with Gasteiger partial charge in [0.1, 0.15) is 5.75 Å². The molecule has 0 unspecified atom stereocenters. The lowest BCUT2D eigenvalue weighted by molar-refractivity contribution is 0.101. The van der Waals surface area contributed by atoms with E-state index >= 15 is 0 Å². The Balaban J connectivity index is 2.19. The number of anilines is 2. The number of amides is 1. The second kappa shape index (κ2) is 5.44. The predicted octanol–water partition coefficient (Wildman–Crippen LogP) is 2.43. The molecule has 0 saturated carbocycles. The van der Waals surface area contributed by atoms with Crippen molar-refractivity contribution in [3.63, 3.8) is 0 Å². The van der Waals surface area contributed by atoms with Gasteiger partial charge >= 0.3 is 0 Å². The Morgan fingerprint density at radius 2 is 1.75 bits per heavy atom. The van der Waals surface area contributed by atoms with E-state index < -0.39 is 5.91 Å². The van der Waals surface area contributed by atoms with Crippen LogP contribution in [0.25, 0.3) is 0 Å². The van der Waals surface area contributed by atoms with Crippen molar-refractivity contribution in [3.05, 3.63) is 53.6 Å². The number of benzene rings is 2. The fourth-order valence-corrected chi connectivity index (χ4v) is 1.73. The highest BCUT2D eigenvalue weighted by atomic mass is 16.3. The molecule has 0 radical (unpaired) electrons. The second-order valence-electron chi connectivity index (χ2n) is 4.36. The summed E-state index contributed by atoms with van der Waals surface area (Å²) in [6, 6.07) is 10.7. The molecule has 0 aliphatic carbocycles. The molecule has 0 aromatic heterocycles. The van der Waals surface area contributed by atoms with E-state index in [1.54, 1.807) is 24.3 Å². The molecule has 0 spiro atoms. The fraction of sp³-hybridized carbons (Fsp3) is 0.0667. The van der Waals surface area contributed by atoms with Crippen molar-refractivity contribution < 1.29 is 14.7 Å². The van der Waals surface area contributed by atoms with Crippen molar-refractivity contribution in [2.24, 2.45) is 0 Å². The molecule has 0 atom stereocenters. The highest BCUT2D eigenvalue weighted by Crippen LogP contribution is 2.20.